The average Bonchev–Trinajstić information content (AvgIpc) is 2.31. The highest BCUT2D eigenvalue weighted by Crippen LogP contribution is 2.16. The van der Waals surface area contributed by atoms with Gasteiger partial charge in [0.05, 0.1) is 0 Å². The van der Waals surface area contributed by atoms with E-state index < -0.39 is 0 Å². The van der Waals surface area contributed by atoms with Gasteiger partial charge in [-0.25, -0.2) is 0 Å². The molecule has 0 aliphatic rings. The van der Waals surface area contributed by atoms with Crippen molar-refractivity contribution in [3.63, 3.8) is 0 Å². The Kier molecular flexibility index (Phi) is 11.9. The summed E-state index contributed by atoms with van der Waals surface area (Å²) in [7, 11) is 0. The molecule has 0 radical (unpaired) electrons. The fourth-order valence-corrected chi connectivity index (χ4v) is 2.47. The summed E-state index contributed by atoms with van der Waals surface area (Å²) in [6.45, 7) is 5.12. The molecule has 0 heterocycles. The monoisotopic (exact) mass is 256 g/mol. The van der Waals surface area contributed by atoms with Gasteiger partial charge in [-0.05, 0) is 26.3 Å². The van der Waals surface area contributed by atoms with Crippen molar-refractivity contribution in [3.8, 4) is 0 Å². The molecule has 0 fully saturated rings. The van der Waals surface area contributed by atoms with Gasteiger partial charge in [0.15, 0.2) is 0 Å². The van der Waals surface area contributed by atoms with Gasteiger partial charge in [0.2, 0.25) is 0 Å². The lowest BCUT2D eigenvalue weighted by molar-refractivity contribution is 0.385. The molecule has 1 unspecified atom stereocenters. The third kappa shape index (κ3) is 12.4. The smallest absolute Gasteiger partial charge is 0.0137 e. The van der Waals surface area contributed by atoms with Crippen LogP contribution < -0.4 is 11.5 Å². The predicted molar refractivity (Wildman–Crippen MR) is 82.7 cm³/mol. The first-order valence-electron chi connectivity index (χ1n) is 8.11. The highest BCUT2D eigenvalue weighted by Gasteiger charge is 2.15. The second kappa shape index (κ2) is 12.0. The van der Waals surface area contributed by atoms with E-state index in [9.17, 15) is 0 Å². The molecule has 4 N–H and O–H groups in total. The Morgan fingerprint density at radius 1 is 0.722 bits per heavy atom. The molecule has 2 nitrogen and oxygen atoms in total. The first-order valence-corrected chi connectivity index (χ1v) is 8.11. The first-order chi connectivity index (χ1) is 8.62. The second-order valence-corrected chi connectivity index (χ2v) is 6.12. The molecule has 0 spiro atoms. The van der Waals surface area contributed by atoms with Crippen LogP contribution in [0.5, 0.6) is 0 Å². The van der Waals surface area contributed by atoms with Gasteiger partial charge < -0.3 is 11.5 Å². The fourth-order valence-electron chi connectivity index (χ4n) is 2.47. The van der Waals surface area contributed by atoms with Crippen molar-refractivity contribution in [2.24, 2.45) is 11.5 Å². The summed E-state index contributed by atoms with van der Waals surface area (Å²) in [5, 5.41) is 0. The lowest BCUT2D eigenvalue weighted by Gasteiger charge is -2.23. The van der Waals surface area contributed by atoms with Crippen molar-refractivity contribution in [3.05, 3.63) is 0 Å². The Labute approximate surface area is 115 Å². The molecule has 0 aliphatic heterocycles. The van der Waals surface area contributed by atoms with Crippen molar-refractivity contribution in [2.45, 2.75) is 96.4 Å². The van der Waals surface area contributed by atoms with E-state index in [0.29, 0.717) is 6.54 Å². The quantitative estimate of drug-likeness (QED) is 0.481. The first kappa shape index (κ1) is 17.9. The van der Waals surface area contributed by atoms with Gasteiger partial charge in [-0.1, -0.05) is 71.1 Å². The normalized spacial score (nSPS) is 14.7. The van der Waals surface area contributed by atoms with Crippen molar-refractivity contribution < 1.29 is 0 Å². The van der Waals surface area contributed by atoms with Crippen LogP contribution in [-0.4, -0.2) is 12.1 Å². The number of rotatable bonds is 13. The molecule has 0 amide bonds. The van der Waals surface area contributed by atoms with Crippen LogP contribution in [0.25, 0.3) is 0 Å². The van der Waals surface area contributed by atoms with E-state index in [1.807, 2.05) is 0 Å². The van der Waals surface area contributed by atoms with Crippen LogP contribution in [0, 0.1) is 0 Å². The summed E-state index contributed by atoms with van der Waals surface area (Å²) in [6.07, 6.45) is 16.0. The van der Waals surface area contributed by atoms with Crippen LogP contribution in [0.1, 0.15) is 90.9 Å². The fraction of sp³-hybridized carbons (Fsp3) is 1.00. The molecule has 0 bridgehead atoms. The van der Waals surface area contributed by atoms with Crippen LogP contribution in [0.15, 0.2) is 0 Å². The van der Waals surface area contributed by atoms with Crippen molar-refractivity contribution in [1.29, 1.82) is 0 Å². The molecule has 110 valence electrons. The maximum atomic E-state index is 6.16. The molecule has 2 heteroatoms. The standard InChI is InChI=1S/C16H36N2/c1-3-4-5-6-7-8-9-10-11-12-13-16(2,18)14-15-17/h3-15,17-18H2,1-2H3. The average molecular weight is 256 g/mol. The number of hydrogen-bond donors (Lipinski definition) is 2. The van der Waals surface area contributed by atoms with E-state index >= 15 is 0 Å². The lowest BCUT2D eigenvalue weighted by Crippen LogP contribution is -2.38. The van der Waals surface area contributed by atoms with Gasteiger partial charge in [0.1, 0.15) is 0 Å². The molecular formula is C16H36N2. The molecule has 0 saturated carbocycles. The van der Waals surface area contributed by atoms with E-state index in [1.54, 1.807) is 0 Å². The van der Waals surface area contributed by atoms with Crippen LogP contribution in [0.3, 0.4) is 0 Å². The molecule has 0 aliphatic carbocycles. The van der Waals surface area contributed by atoms with Gasteiger partial charge in [0.25, 0.3) is 0 Å². The van der Waals surface area contributed by atoms with Crippen LogP contribution >= 0.6 is 0 Å². The highest BCUT2D eigenvalue weighted by atomic mass is 14.7. The molecule has 0 aromatic carbocycles. The SMILES string of the molecule is CCCCCCCCCCCCC(C)(N)CCN. The number of unbranched alkanes of at least 4 members (excludes halogenated alkanes) is 9. The van der Waals surface area contributed by atoms with Gasteiger partial charge in [0, 0.05) is 5.54 Å². The van der Waals surface area contributed by atoms with Crippen LogP contribution in [-0.2, 0) is 0 Å². The van der Waals surface area contributed by atoms with E-state index in [4.69, 9.17) is 11.5 Å². The summed E-state index contributed by atoms with van der Waals surface area (Å²) in [6, 6.07) is 0. The van der Waals surface area contributed by atoms with E-state index in [-0.39, 0.29) is 5.54 Å². The van der Waals surface area contributed by atoms with Crippen LogP contribution in [0.4, 0.5) is 0 Å². The molecule has 0 aromatic heterocycles. The molecule has 0 saturated heterocycles. The number of hydrogen-bond acceptors (Lipinski definition) is 2. The maximum absolute atomic E-state index is 6.16. The Hall–Kier alpha value is -0.0800. The molecule has 0 aromatic rings. The lowest BCUT2D eigenvalue weighted by atomic mass is 9.92. The van der Waals surface area contributed by atoms with E-state index in [0.717, 1.165) is 12.8 Å². The molecule has 1 atom stereocenters. The third-order valence-corrected chi connectivity index (χ3v) is 3.82. The van der Waals surface area contributed by atoms with Crippen molar-refractivity contribution in [1.82, 2.24) is 0 Å². The summed E-state index contributed by atoms with van der Waals surface area (Å²) < 4.78 is 0. The second-order valence-electron chi connectivity index (χ2n) is 6.12. The Bertz CT molecular complexity index is 166. The largest absolute Gasteiger partial charge is 0.330 e. The highest BCUT2D eigenvalue weighted by molar-refractivity contribution is 4.78. The predicted octanol–water partition coefficient (Wildman–Crippen LogP) is 4.36. The third-order valence-electron chi connectivity index (χ3n) is 3.82. The number of nitrogens with two attached hydrogens (primary N) is 2. The topological polar surface area (TPSA) is 52.0 Å². The van der Waals surface area contributed by atoms with E-state index in [1.165, 1.54) is 64.2 Å². The van der Waals surface area contributed by atoms with Gasteiger partial charge in [-0.3, -0.25) is 0 Å². The summed E-state index contributed by atoms with van der Waals surface area (Å²) >= 11 is 0. The molecule has 0 rings (SSSR count). The van der Waals surface area contributed by atoms with E-state index in [2.05, 4.69) is 13.8 Å². The Morgan fingerprint density at radius 2 is 1.17 bits per heavy atom. The van der Waals surface area contributed by atoms with Gasteiger partial charge >= 0.3 is 0 Å². The maximum Gasteiger partial charge on any atom is 0.0137 e. The van der Waals surface area contributed by atoms with Gasteiger partial charge in [-0.2, -0.15) is 0 Å². The summed E-state index contributed by atoms with van der Waals surface area (Å²) in [5.41, 5.74) is 11.7. The summed E-state index contributed by atoms with van der Waals surface area (Å²) in [4.78, 5) is 0. The minimum Gasteiger partial charge on any atom is -0.330 e. The Morgan fingerprint density at radius 3 is 1.61 bits per heavy atom. The minimum absolute atomic E-state index is 0.0328. The molecule has 18 heavy (non-hydrogen) atoms. The summed E-state index contributed by atoms with van der Waals surface area (Å²) in [5.74, 6) is 0. The Balaban J connectivity index is 3.16. The van der Waals surface area contributed by atoms with Gasteiger partial charge in [-0.15, -0.1) is 0 Å². The van der Waals surface area contributed by atoms with Crippen molar-refractivity contribution >= 4 is 0 Å². The zero-order valence-corrected chi connectivity index (χ0v) is 12.8. The zero-order valence-electron chi connectivity index (χ0n) is 12.8. The minimum atomic E-state index is -0.0328. The van der Waals surface area contributed by atoms with Crippen LogP contribution in [0.2, 0.25) is 0 Å². The molecular weight excluding hydrogens is 220 g/mol. The van der Waals surface area contributed by atoms with Crippen molar-refractivity contribution in [2.75, 3.05) is 6.54 Å². The zero-order chi connectivity index (χ0) is 13.7.